The molecule has 0 aliphatic carbocycles. The van der Waals surface area contributed by atoms with Gasteiger partial charge in [0.25, 0.3) is 0 Å². The van der Waals surface area contributed by atoms with Gasteiger partial charge < -0.3 is 14.7 Å². The molecule has 2 unspecified atom stereocenters. The summed E-state index contributed by atoms with van der Waals surface area (Å²) in [5.74, 6) is 0. The van der Waals surface area contributed by atoms with Gasteiger partial charge in [-0.2, -0.15) is 0 Å². The van der Waals surface area contributed by atoms with Crippen LogP contribution < -0.4 is 0 Å². The first-order valence-corrected chi connectivity index (χ1v) is 6.26. The highest BCUT2D eigenvalue weighted by atomic mass is 16.5. The molecule has 4 nitrogen and oxygen atoms in total. The molecule has 2 heterocycles. The highest BCUT2D eigenvalue weighted by Gasteiger charge is 2.37. The molecule has 2 atom stereocenters. The van der Waals surface area contributed by atoms with Crippen LogP contribution in [0.15, 0.2) is 0 Å². The number of hydrogen-bond acceptors (Lipinski definition) is 4. The van der Waals surface area contributed by atoms with Crippen molar-refractivity contribution in [2.45, 2.75) is 19.4 Å². The topological polar surface area (TPSA) is 35.9 Å². The monoisotopic (exact) mass is 228 g/mol. The maximum absolute atomic E-state index is 9.57. The highest BCUT2D eigenvalue weighted by molar-refractivity contribution is 4.89. The van der Waals surface area contributed by atoms with E-state index in [1.165, 1.54) is 0 Å². The van der Waals surface area contributed by atoms with E-state index in [0.717, 1.165) is 45.8 Å². The number of aliphatic hydroxyl groups excluding tert-OH is 1. The van der Waals surface area contributed by atoms with Crippen molar-refractivity contribution < 1.29 is 9.84 Å². The summed E-state index contributed by atoms with van der Waals surface area (Å²) >= 11 is 0. The zero-order chi connectivity index (χ0) is 11.6. The van der Waals surface area contributed by atoms with Gasteiger partial charge in [0, 0.05) is 44.2 Å². The molecule has 2 saturated heterocycles. The van der Waals surface area contributed by atoms with E-state index < -0.39 is 0 Å². The van der Waals surface area contributed by atoms with Crippen LogP contribution in [0.5, 0.6) is 0 Å². The predicted octanol–water partition coefficient (Wildman–Crippen LogP) is 0.0213. The molecule has 4 heteroatoms. The lowest BCUT2D eigenvalue weighted by Gasteiger charge is -2.42. The molecule has 0 aromatic carbocycles. The number of ether oxygens (including phenoxy) is 1. The second-order valence-electron chi connectivity index (χ2n) is 5.54. The first kappa shape index (κ1) is 12.3. The Hall–Kier alpha value is -0.160. The van der Waals surface area contributed by atoms with Crippen LogP contribution in [0, 0.1) is 5.41 Å². The zero-order valence-electron chi connectivity index (χ0n) is 10.5. The maximum atomic E-state index is 9.57. The Bertz CT molecular complexity index is 229. The molecule has 0 radical (unpaired) electrons. The third-order valence-electron chi connectivity index (χ3n) is 4.03. The van der Waals surface area contributed by atoms with Crippen LogP contribution in [0.3, 0.4) is 0 Å². The number of aliphatic hydroxyl groups is 1. The summed E-state index contributed by atoms with van der Waals surface area (Å²) in [5, 5.41) is 9.57. The van der Waals surface area contributed by atoms with E-state index in [1.807, 2.05) is 0 Å². The largest absolute Gasteiger partial charge is 0.396 e. The molecule has 16 heavy (non-hydrogen) atoms. The molecule has 2 fully saturated rings. The third-order valence-corrected chi connectivity index (χ3v) is 4.03. The fourth-order valence-corrected chi connectivity index (χ4v) is 2.79. The molecular weight excluding hydrogens is 204 g/mol. The molecule has 0 bridgehead atoms. The zero-order valence-corrected chi connectivity index (χ0v) is 10.5. The average molecular weight is 228 g/mol. The van der Waals surface area contributed by atoms with Crippen molar-refractivity contribution in [3.8, 4) is 0 Å². The summed E-state index contributed by atoms with van der Waals surface area (Å²) in [5.41, 5.74) is 0.00414. The average Bonchev–Trinajstić information content (AvgIpc) is 2.72. The van der Waals surface area contributed by atoms with Crippen LogP contribution in [-0.4, -0.2) is 74.0 Å². The SMILES string of the molecule is CC1CN(C)CCN1CC1(CO)CCOC1. The summed E-state index contributed by atoms with van der Waals surface area (Å²) in [7, 11) is 2.17. The van der Waals surface area contributed by atoms with E-state index in [-0.39, 0.29) is 12.0 Å². The Morgan fingerprint density at radius 1 is 1.44 bits per heavy atom. The first-order chi connectivity index (χ1) is 7.65. The molecule has 0 aromatic rings. The van der Waals surface area contributed by atoms with Crippen molar-refractivity contribution in [2.24, 2.45) is 5.41 Å². The Morgan fingerprint density at radius 2 is 2.25 bits per heavy atom. The second kappa shape index (κ2) is 5.00. The second-order valence-corrected chi connectivity index (χ2v) is 5.54. The van der Waals surface area contributed by atoms with E-state index in [9.17, 15) is 5.11 Å². The van der Waals surface area contributed by atoms with Gasteiger partial charge in [-0.05, 0) is 20.4 Å². The Labute approximate surface area is 98.2 Å². The van der Waals surface area contributed by atoms with Crippen molar-refractivity contribution >= 4 is 0 Å². The lowest BCUT2D eigenvalue weighted by atomic mass is 9.87. The van der Waals surface area contributed by atoms with Crippen molar-refractivity contribution in [1.82, 2.24) is 9.80 Å². The van der Waals surface area contributed by atoms with E-state index in [1.54, 1.807) is 0 Å². The fraction of sp³-hybridized carbons (Fsp3) is 1.00. The summed E-state index contributed by atoms with van der Waals surface area (Å²) in [4.78, 5) is 4.88. The normalized spacial score (nSPS) is 38.1. The summed E-state index contributed by atoms with van der Waals surface area (Å²) in [6.07, 6.45) is 1.00. The number of piperazine rings is 1. The fourth-order valence-electron chi connectivity index (χ4n) is 2.79. The van der Waals surface area contributed by atoms with E-state index in [4.69, 9.17) is 4.74 Å². The standard InChI is InChI=1S/C12H24N2O2/c1-11-7-13(2)4-5-14(11)8-12(9-15)3-6-16-10-12/h11,15H,3-10H2,1-2H3. The molecule has 0 aromatic heterocycles. The van der Waals surface area contributed by atoms with Crippen LogP contribution in [0.1, 0.15) is 13.3 Å². The minimum absolute atomic E-state index is 0.00414. The number of nitrogens with zero attached hydrogens (tertiary/aromatic N) is 2. The van der Waals surface area contributed by atoms with Crippen molar-refractivity contribution in [1.29, 1.82) is 0 Å². The van der Waals surface area contributed by atoms with Crippen LogP contribution in [-0.2, 0) is 4.74 Å². The van der Waals surface area contributed by atoms with Gasteiger partial charge in [0.05, 0.1) is 13.2 Å². The lowest BCUT2D eigenvalue weighted by Crippen LogP contribution is -2.54. The van der Waals surface area contributed by atoms with Crippen molar-refractivity contribution in [3.05, 3.63) is 0 Å². The van der Waals surface area contributed by atoms with E-state index in [2.05, 4.69) is 23.8 Å². The van der Waals surface area contributed by atoms with Crippen LogP contribution in [0.25, 0.3) is 0 Å². The van der Waals surface area contributed by atoms with Gasteiger partial charge in [-0.1, -0.05) is 0 Å². The predicted molar refractivity (Wildman–Crippen MR) is 63.5 cm³/mol. The van der Waals surface area contributed by atoms with Gasteiger partial charge in [-0.15, -0.1) is 0 Å². The Morgan fingerprint density at radius 3 is 2.81 bits per heavy atom. The molecule has 0 amide bonds. The Kier molecular flexibility index (Phi) is 3.85. The van der Waals surface area contributed by atoms with Gasteiger partial charge in [0.2, 0.25) is 0 Å². The summed E-state index contributed by atoms with van der Waals surface area (Å²) < 4.78 is 5.45. The molecular formula is C12H24N2O2. The minimum Gasteiger partial charge on any atom is -0.396 e. The molecule has 2 rings (SSSR count). The summed E-state index contributed by atoms with van der Waals surface area (Å²) in [6.45, 7) is 8.42. The lowest BCUT2D eigenvalue weighted by molar-refractivity contribution is 0.0181. The van der Waals surface area contributed by atoms with Gasteiger partial charge in [0.1, 0.15) is 0 Å². The van der Waals surface area contributed by atoms with Crippen LogP contribution >= 0.6 is 0 Å². The minimum atomic E-state index is 0.00414. The quantitative estimate of drug-likeness (QED) is 0.739. The highest BCUT2D eigenvalue weighted by Crippen LogP contribution is 2.30. The van der Waals surface area contributed by atoms with Gasteiger partial charge in [-0.25, -0.2) is 0 Å². The van der Waals surface area contributed by atoms with Gasteiger partial charge >= 0.3 is 0 Å². The number of hydrogen-bond donors (Lipinski definition) is 1. The molecule has 0 saturated carbocycles. The maximum Gasteiger partial charge on any atom is 0.0557 e. The number of rotatable bonds is 3. The number of likely N-dealkylation sites (N-methyl/N-ethyl adjacent to an activating group) is 1. The van der Waals surface area contributed by atoms with E-state index in [0.29, 0.717) is 6.04 Å². The molecule has 2 aliphatic rings. The third kappa shape index (κ3) is 2.56. The van der Waals surface area contributed by atoms with Crippen molar-refractivity contribution in [2.75, 3.05) is 53.0 Å². The smallest absolute Gasteiger partial charge is 0.0557 e. The van der Waals surface area contributed by atoms with Gasteiger partial charge in [0.15, 0.2) is 0 Å². The van der Waals surface area contributed by atoms with Gasteiger partial charge in [-0.3, -0.25) is 4.90 Å². The van der Waals surface area contributed by atoms with Crippen LogP contribution in [0.2, 0.25) is 0 Å². The molecule has 2 aliphatic heterocycles. The van der Waals surface area contributed by atoms with Crippen molar-refractivity contribution in [3.63, 3.8) is 0 Å². The Balaban J connectivity index is 1.92. The molecule has 0 spiro atoms. The van der Waals surface area contributed by atoms with E-state index >= 15 is 0 Å². The van der Waals surface area contributed by atoms with Crippen LogP contribution in [0.4, 0.5) is 0 Å². The molecule has 1 N–H and O–H groups in total. The molecule has 94 valence electrons. The first-order valence-electron chi connectivity index (χ1n) is 6.26. The summed E-state index contributed by atoms with van der Waals surface area (Å²) in [6, 6.07) is 0.586.